The maximum atomic E-state index is 12.2. The van der Waals surface area contributed by atoms with Gasteiger partial charge in [-0.2, -0.15) is 5.10 Å². The van der Waals surface area contributed by atoms with E-state index in [1.165, 1.54) is 30.5 Å². The number of hydrogen-bond donors (Lipinski definition) is 1. The molecule has 0 radical (unpaired) electrons. The lowest BCUT2D eigenvalue weighted by atomic mass is 10.2. The molecular weight excluding hydrogens is 513 g/mol. The van der Waals surface area contributed by atoms with Crippen LogP contribution in [0.25, 0.3) is 0 Å². The Bertz CT molecular complexity index is 1120. The molecule has 0 bridgehead atoms. The SMILES string of the molecule is COc1cc(/C=N\NC(=O)c2cccc([N+](=O)[O-])c2)cc(I)c1OCc1ccccc1. The van der Waals surface area contributed by atoms with Crippen molar-refractivity contribution < 1.29 is 19.2 Å². The van der Waals surface area contributed by atoms with Gasteiger partial charge in [0, 0.05) is 17.7 Å². The lowest BCUT2D eigenvalue weighted by molar-refractivity contribution is -0.384. The molecule has 0 spiro atoms. The molecule has 3 rings (SSSR count). The van der Waals surface area contributed by atoms with Crippen LogP contribution in [0.3, 0.4) is 0 Å². The molecule has 8 nitrogen and oxygen atoms in total. The molecule has 0 unspecified atom stereocenters. The Morgan fingerprint density at radius 1 is 1.16 bits per heavy atom. The molecule has 1 amide bonds. The van der Waals surface area contributed by atoms with Gasteiger partial charge in [-0.3, -0.25) is 14.9 Å². The van der Waals surface area contributed by atoms with E-state index in [1.807, 2.05) is 36.4 Å². The lowest BCUT2D eigenvalue weighted by Gasteiger charge is -2.13. The Balaban J connectivity index is 1.69. The molecule has 0 heterocycles. The molecule has 3 aromatic rings. The number of benzene rings is 3. The molecule has 0 aliphatic heterocycles. The molecule has 0 aliphatic rings. The van der Waals surface area contributed by atoms with Gasteiger partial charge in [-0.05, 0) is 51.9 Å². The number of nitrogens with one attached hydrogen (secondary N) is 1. The van der Waals surface area contributed by atoms with Crippen molar-refractivity contribution in [2.24, 2.45) is 5.10 Å². The lowest BCUT2D eigenvalue weighted by Crippen LogP contribution is -2.17. The van der Waals surface area contributed by atoms with Crippen LogP contribution >= 0.6 is 22.6 Å². The number of nitro benzene ring substituents is 1. The summed E-state index contributed by atoms with van der Waals surface area (Å²) in [5.74, 6) is 0.600. The molecular formula is C22H18IN3O5. The molecule has 0 aliphatic carbocycles. The van der Waals surface area contributed by atoms with Gasteiger partial charge >= 0.3 is 0 Å². The van der Waals surface area contributed by atoms with Gasteiger partial charge in [0.15, 0.2) is 11.5 Å². The van der Waals surface area contributed by atoms with E-state index in [0.29, 0.717) is 23.7 Å². The van der Waals surface area contributed by atoms with Gasteiger partial charge in [0.1, 0.15) is 6.61 Å². The summed E-state index contributed by atoms with van der Waals surface area (Å²) in [6.07, 6.45) is 1.46. The van der Waals surface area contributed by atoms with Gasteiger partial charge in [-0.15, -0.1) is 0 Å². The molecule has 31 heavy (non-hydrogen) atoms. The number of ether oxygens (including phenoxy) is 2. The first-order chi connectivity index (χ1) is 15.0. The summed E-state index contributed by atoms with van der Waals surface area (Å²) in [6, 6.07) is 18.8. The molecule has 0 saturated carbocycles. The van der Waals surface area contributed by atoms with Crippen LogP contribution in [-0.2, 0) is 6.61 Å². The summed E-state index contributed by atoms with van der Waals surface area (Å²) >= 11 is 2.14. The maximum Gasteiger partial charge on any atom is 0.271 e. The Labute approximate surface area is 192 Å². The van der Waals surface area contributed by atoms with Crippen molar-refractivity contribution in [3.05, 3.63) is 97.1 Å². The average molecular weight is 531 g/mol. The highest BCUT2D eigenvalue weighted by Crippen LogP contribution is 2.34. The standard InChI is InChI=1S/C22H18IN3O5/c1-30-20-11-16(10-19(23)21(20)31-14-15-6-3-2-4-7-15)13-24-25-22(27)17-8-5-9-18(12-17)26(28)29/h2-13H,14H2,1H3,(H,25,27)/b24-13-. The van der Waals surface area contributed by atoms with Crippen LogP contribution in [0.15, 0.2) is 71.8 Å². The normalized spacial score (nSPS) is 10.6. The largest absolute Gasteiger partial charge is 0.493 e. The van der Waals surface area contributed by atoms with Gasteiger partial charge < -0.3 is 9.47 Å². The highest BCUT2D eigenvalue weighted by Gasteiger charge is 2.13. The molecule has 1 N–H and O–H groups in total. The highest BCUT2D eigenvalue weighted by atomic mass is 127. The summed E-state index contributed by atoms with van der Waals surface area (Å²) in [4.78, 5) is 22.5. The number of methoxy groups -OCH3 is 1. The van der Waals surface area contributed by atoms with Crippen molar-refractivity contribution in [3.63, 3.8) is 0 Å². The fraction of sp³-hybridized carbons (Fsp3) is 0.0909. The minimum atomic E-state index is -0.560. The van der Waals surface area contributed by atoms with E-state index < -0.39 is 10.8 Å². The molecule has 0 saturated heterocycles. The van der Waals surface area contributed by atoms with Gasteiger partial charge in [-0.1, -0.05) is 36.4 Å². The minimum absolute atomic E-state index is 0.142. The molecule has 3 aromatic carbocycles. The van der Waals surface area contributed by atoms with E-state index in [9.17, 15) is 14.9 Å². The Morgan fingerprint density at radius 2 is 1.94 bits per heavy atom. The zero-order chi connectivity index (χ0) is 22.2. The molecule has 0 aromatic heterocycles. The van der Waals surface area contributed by atoms with Crippen molar-refractivity contribution in [2.75, 3.05) is 7.11 Å². The second-order valence-corrected chi connectivity index (χ2v) is 7.48. The predicted octanol–water partition coefficient (Wildman–Crippen LogP) is 4.55. The quantitative estimate of drug-likeness (QED) is 0.199. The number of non-ortho nitro benzene ring substituents is 1. The minimum Gasteiger partial charge on any atom is -0.493 e. The number of amides is 1. The summed E-state index contributed by atoms with van der Waals surface area (Å²) < 4.78 is 12.2. The van der Waals surface area contributed by atoms with Crippen LogP contribution in [0.1, 0.15) is 21.5 Å². The van der Waals surface area contributed by atoms with Crippen molar-refractivity contribution in [2.45, 2.75) is 6.61 Å². The number of nitrogens with zero attached hydrogens (tertiary/aromatic N) is 2. The monoisotopic (exact) mass is 531 g/mol. The van der Waals surface area contributed by atoms with Crippen LogP contribution in [0.5, 0.6) is 11.5 Å². The van der Waals surface area contributed by atoms with Gasteiger partial charge in [0.2, 0.25) is 0 Å². The molecule has 0 fully saturated rings. The van der Waals surface area contributed by atoms with Crippen LogP contribution in [0.2, 0.25) is 0 Å². The van der Waals surface area contributed by atoms with Crippen LogP contribution < -0.4 is 14.9 Å². The smallest absolute Gasteiger partial charge is 0.271 e. The summed E-state index contributed by atoms with van der Waals surface area (Å²) in [5, 5.41) is 14.8. The molecule has 9 heteroatoms. The fourth-order valence-electron chi connectivity index (χ4n) is 2.67. The van der Waals surface area contributed by atoms with Gasteiger partial charge in [0.05, 0.1) is 21.8 Å². The number of rotatable bonds is 8. The van der Waals surface area contributed by atoms with Crippen LogP contribution in [-0.4, -0.2) is 24.2 Å². The molecule has 0 atom stereocenters. The zero-order valence-corrected chi connectivity index (χ0v) is 18.6. The summed E-state index contributed by atoms with van der Waals surface area (Å²) in [5.41, 5.74) is 4.07. The van der Waals surface area contributed by atoms with E-state index in [0.717, 1.165) is 9.13 Å². The number of carbonyl (C=O) groups excluding carboxylic acids is 1. The molecule has 158 valence electrons. The Kier molecular flexibility index (Phi) is 7.55. The number of carbonyl (C=O) groups is 1. The fourth-order valence-corrected chi connectivity index (χ4v) is 3.46. The second-order valence-electron chi connectivity index (χ2n) is 6.31. The van der Waals surface area contributed by atoms with E-state index in [-0.39, 0.29) is 11.3 Å². The first-order valence-electron chi connectivity index (χ1n) is 9.10. The average Bonchev–Trinajstić information content (AvgIpc) is 2.78. The maximum absolute atomic E-state index is 12.2. The third-order valence-electron chi connectivity index (χ3n) is 4.18. The van der Waals surface area contributed by atoms with Crippen molar-refractivity contribution in [3.8, 4) is 11.5 Å². The number of nitro groups is 1. The number of hydrazone groups is 1. The predicted molar refractivity (Wildman–Crippen MR) is 125 cm³/mol. The Hall–Kier alpha value is -3.47. The zero-order valence-electron chi connectivity index (χ0n) is 16.4. The van der Waals surface area contributed by atoms with Gasteiger partial charge in [-0.25, -0.2) is 5.43 Å². The number of hydrogen-bond acceptors (Lipinski definition) is 6. The summed E-state index contributed by atoms with van der Waals surface area (Å²) in [7, 11) is 1.55. The highest BCUT2D eigenvalue weighted by molar-refractivity contribution is 14.1. The van der Waals surface area contributed by atoms with E-state index in [2.05, 4.69) is 33.1 Å². The van der Waals surface area contributed by atoms with Crippen LogP contribution in [0.4, 0.5) is 5.69 Å². The first kappa shape index (κ1) is 22.2. The first-order valence-corrected chi connectivity index (χ1v) is 10.2. The third-order valence-corrected chi connectivity index (χ3v) is 4.98. The Morgan fingerprint density at radius 3 is 2.65 bits per heavy atom. The second kappa shape index (κ2) is 10.5. The van der Waals surface area contributed by atoms with Crippen LogP contribution in [0, 0.1) is 13.7 Å². The summed E-state index contributed by atoms with van der Waals surface area (Å²) in [6.45, 7) is 0.403. The van der Waals surface area contributed by atoms with E-state index in [1.54, 1.807) is 13.2 Å². The van der Waals surface area contributed by atoms with Crippen molar-refractivity contribution in [1.82, 2.24) is 5.43 Å². The van der Waals surface area contributed by atoms with E-state index >= 15 is 0 Å². The third kappa shape index (κ3) is 6.01. The van der Waals surface area contributed by atoms with Gasteiger partial charge in [0.25, 0.3) is 11.6 Å². The van der Waals surface area contributed by atoms with Crippen molar-refractivity contribution >= 4 is 40.4 Å². The topological polar surface area (TPSA) is 103 Å². The van der Waals surface area contributed by atoms with Crippen molar-refractivity contribution in [1.29, 1.82) is 0 Å². The van der Waals surface area contributed by atoms with E-state index in [4.69, 9.17) is 9.47 Å². The number of halogens is 1.